The number of rotatable bonds is 43. The Kier molecular flexibility index (Phi) is 41.4. The number of amides is 1. The zero-order valence-corrected chi connectivity index (χ0v) is 40.8. The molecule has 64 heavy (non-hydrogen) atoms. The summed E-state index contributed by atoms with van der Waals surface area (Å²) in [6.45, 7) is 3.62. The molecule has 0 aliphatic carbocycles. The van der Waals surface area contributed by atoms with Crippen LogP contribution in [0.3, 0.4) is 0 Å². The maximum Gasteiger partial charge on any atom is 0.220 e. The molecular formula is C55H97NO8. The van der Waals surface area contributed by atoms with E-state index in [4.69, 9.17) is 9.47 Å². The van der Waals surface area contributed by atoms with Crippen LogP contribution in [0.15, 0.2) is 72.9 Å². The van der Waals surface area contributed by atoms with Gasteiger partial charge in [0.15, 0.2) is 6.29 Å². The lowest BCUT2D eigenvalue weighted by atomic mass is 9.99. The Hall–Kier alpha value is -2.37. The number of ether oxygens (including phenoxy) is 2. The van der Waals surface area contributed by atoms with Gasteiger partial charge in [-0.2, -0.15) is 0 Å². The monoisotopic (exact) mass is 900 g/mol. The number of hydrogen-bond donors (Lipinski definition) is 6. The Morgan fingerprint density at radius 2 is 0.984 bits per heavy atom. The smallest absolute Gasteiger partial charge is 0.220 e. The van der Waals surface area contributed by atoms with Crippen molar-refractivity contribution in [3.8, 4) is 0 Å². The van der Waals surface area contributed by atoms with E-state index in [1.54, 1.807) is 6.08 Å². The van der Waals surface area contributed by atoms with E-state index < -0.39 is 49.5 Å². The number of unbranched alkanes of at least 4 members (excludes halogenated alkanes) is 23. The Labute approximate surface area is 391 Å². The number of aliphatic hydroxyl groups is 5. The molecule has 9 heteroatoms. The van der Waals surface area contributed by atoms with Crippen LogP contribution in [-0.4, -0.2) is 87.5 Å². The van der Waals surface area contributed by atoms with Crippen LogP contribution < -0.4 is 5.32 Å². The minimum absolute atomic E-state index is 0.190. The van der Waals surface area contributed by atoms with Crippen molar-refractivity contribution >= 4 is 5.91 Å². The van der Waals surface area contributed by atoms with Gasteiger partial charge in [0.2, 0.25) is 5.91 Å². The van der Waals surface area contributed by atoms with Crippen molar-refractivity contribution in [2.45, 2.75) is 256 Å². The number of carbonyl (C=O) groups is 1. The highest BCUT2D eigenvalue weighted by Gasteiger charge is 2.44. The van der Waals surface area contributed by atoms with Gasteiger partial charge >= 0.3 is 0 Å². The SMILES string of the molecule is CC/C=C\C/C=C\C/C=C\C/C=C\CCCCCCCCCCCCCCCCCCC(=O)NC(COC1OC(CO)C(O)C(O)C1O)C(O)/C=C/CC/C=C/CCCCCCCC. The minimum atomic E-state index is -1.57. The summed E-state index contributed by atoms with van der Waals surface area (Å²) in [5.74, 6) is -0.190. The Morgan fingerprint density at radius 1 is 0.547 bits per heavy atom. The molecule has 0 spiro atoms. The van der Waals surface area contributed by atoms with Gasteiger partial charge in [-0.05, 0) is 70.6 Å². The molecule has 1 aliphatic rings. The van der Waals surface area contributed by atoms with Crippen LogP contribution in [0.25, 0.3) is 0 Å². The maximum absolute atomic E-state index is 13.0. The molecule has 0 bridgehead atoms. The van der Waals surface area contributed by atoms with Crippen LogP contribution in [-0.2, 0) is 14.3 Å². The van der Waals surface area contributed by atoms with E-state index in [0.29, 0.717) is 6.42 Å². The normalized spacial score (nSPS) is 20.6. The van der Waals surface area contributed by atoms with E-state index in [2.05, 4.69) is 79.9 Å². The van der Waals surface area contributed by atoms with Crippen molar-refractivity contribution in [2.24, 2.45) is 0 Å². The summed E-state index contributed by atoms with van der Waals surface area (Å²) in [5, 5.41) is 54.2. The molecule has 1 saturated heterocycles. The second-order valence-corrected chi connectivity index (χ2v) is 17.9. The van der Waals surface area contributed by atoms with Crippen molar-refractivity contribution in [1.29, 1.82) is 0 Å². The minimum Gasteiger partial charge on any atom is -0.394 e. The fourth-order valence-corrected chi connectivity index (χ4v) is 7.87. The lowest BCUT2D eigenvalue weighted by Crippen LogP contribution is -2.60. The van der Waals surface area contributed by atoms with E-state index in [0.717, 1.165) is 64.2 Å². The van der Waals surface area contributed by atoms with Crippen LogP contribution >= 0.6 is 0 Å². The number of aliphatic hydroxyl groups excluding tert-OH is 5. The van der Waals surface area contributed by atoms with Gasteiger partial charge in [-0.1, -0.05) is 209 Å². The highest BCUT2D eigenvalue weighted by Crippen LogP contribution is 2.23. The number of allylic oxidation sites excluding steroid dienone is 11. The molecule has 0 aromatic carbocycles. The van der Waals surface area contributed by atoms with Crippen molar-refractivity contribution in [3.63, 3.8) is 0 Å². The molecule has 0 aromatic rings. The fraction of sp³-hybridized carbons (Fsp3) is 0.764. The molecule has 1 rings (SSSR count). The molecule has 7 atom stereocenters. The van der Waals surface area contributed by atoms with Gasteiger partial charge in [-0.3, -0.25) is 4.79 Å². The zero-order chi connectivity index (χ0) is 46.6. The maximum atomic E-state index is 13.0. The molecule has 6 N–H and O–H groups in total. The van der Waals surface area contributed by atoms with Crippen LogP contribution in [0.1, 0.15) is 213 Å². The summed E-state index contributed by atoms with van der Waals surface area (Å²) >= 11 is 0. The zero-order valence-electron chi connectivity index (χ0n) is 40.8. The van der Waals surface area contributed by atoms with E-state index in [9.17, 15) is 30.3 Å². The molecule has 1 amide bonds. The second-order valence-electron chi connectivity index (χ2n) is 17.9. The Bertz CT molecular complexity index is 1230. The predicted molar refractivity (Wildman–Crippen MR) is 267 cm³/mol. The third-order valence-electron chi connectivity index (χ3n) is 12.0. The first-order valence-electron chi connectivity index (χ1n) is 26.2. The third kappa shape index (κ3) is 34.0. The first kappa shape index (κ1) is 59.6. The third-order valence-corrected chi connectivity index (χ3v) is 12.0. The van der Waals surface area contributed by atoms with Gasteiger partial charge in [0, 0.05) is 6.42 Å². The van der Waals surface area contributed by atoms with Crippen molar-refractivity contribution in [1.82, 2.24) is 5.32 Å². The molecule has 7 unspecified atom stereocenters. The lowest BCUT2D eigenvalue weighted by molar-refractivity contribution is -0.302. The van der Waals surface area contributed by atoms with E-state index in [-0.39, 0.29) is 12.5 Å². The molecule has 1 heterocycles. The van der Waals surface area contributed by atoms with Crippen LogP contribution in [0.5, 0.6) is 0 Å². The first-order chi connectivity index (χ1) is 31.3. The largest absolute Gasteiger partial charge is 0.394 e. The average Bonchev–Trinajstić information content (AvgIpc) is 3.29. The van der Waals surface area contributed by atoms with E-state index >= 15 is 0 Å². The summed E-state index contributed by atoms with van der Waals surface area (Å²) < 4.78 is 11.2. The first-order valence-corrected chi connectivity index (χ1v) is 26.2. The molecular weight excluding hydrogens is 803 g/mol. The van der Waals surface area contributed by atoms with Gasteiger partial charge in [0.1, 0.15) is 24.4 Å². The number of nitrogens with one attached hydrogen (secondary N) is 1. The summed E-state index contributed by atoms with van der Waals surface area (Å²) in [7, 11) is 0. The predicted octanol–water partition coefficient (Wildman–Crippen LogP) is 12.1. The molecule has 9 nitrogen and oxygen atoms in total. The Morgan fingerprint density at radius 3 is 1.50 bits per heavy atom. The van der Waals surface area contributed by atoms with Crippen LogP contribution in [0, 0.1) is 0 Å². The van der Waals surface area contributed by atoms with Gasteiger partial charge < -0.3 is 40.3 Å². The van der Waals surface area contributed by atoms with Gasteiger partial charge in [-0.25, -0.2) is 0 Å². The fourth-order valence-electron chi connectivity index (χ4n) is 7.87. The molecule has 1 fully saturated rings. The highest BCUT2D eigenvalue weighted by molar-refractivity contribution is 5.76. The van der Waals surface area contributed by atoms with E-state index in [1.807, 2.05) is 6.08 Å². The average molecular weight is 900 g/mol. The molecule has 0 aromatic heterocycles. The lowest BCUT2D eigenvalue weighted by Gasteiger charge is -2.40. The molecule has 370 valence electrons. The number of hydrogen-bond acceptors (Lipinski definition) is 8. The van der Waals surface area contributed by atoms with Crippen molar-refractivity contribution < 1.29 is 39.8 Å². The van der Waals surface area contributed by atoms with E-state index in [1.165, 1.54) is 128 Å². The Balaban J connectivity index is 2.19. The van der Waals surface area contributed by atoms with Crippen LogP contribution in [0.4, 0.5) is 0 Å². The van der Waals surface area contributed by atoms with Gasteiger partial charge in [0.25, 0.3) is 0 Å². The number of carbonyl (C=O) groups excluding carboxylic acids is 1. The second kappa shape index (κ2) is 44.5. The quantitative estimate of drug-likeness (QED) is 0.0262. The summed E-state index contributed by atoms with van der Waals surface area (Å²) in [4.78, 5) is 13.0. The molecule has 1 aliphatic heterocycles. The summed E-state index contributed by atoms with van der Waals surface area (Å²) in [6.07, 6.45) is 54.0. The molecule has 0 radical (unpaired) electrons. The summed E-state index contributed by atoms with van der Waals surface area (Å²) in [6, 6.07) is -0.822. The van der Waals surface area contributed by atoms with Gasteiger partial charge in [0.05, 0.1) is 25.4 Å². The highest BCUT2D eigenvalue weighted by atomic mass is 16.7. The van der Waals surface area contributed by atoms with Crippen molar-refractivity contribution in [3.05, 3.63) is 72.9 Å². The van der Waals surface area contributed by atoms with Crippen LogP contribution in [0.2, 0.25) is 0 Å². The van der Waals surface area contributed by atoms with Gasteiger partial charge in [-0.15, -0.1) is 0 Å². The standard InChI is InChI=1S/C55H97NO8/c1-3-5-7-9-11-13-15-17-18-19-20-21-22-23-24-25-26-27-28-29-30-31-32-33-35-37-39-41-43-45-51(59)56-48(47-63-55-54(62)53(61)52(60)50(46-57)64-55)49(58)44-42-40-38-36-34-16-14-12-10-8-6-4-2/h5,7,11,13,17-18,20-21,34,36,42,44,48-50,52-55,57-58,60-62H,3-4,6,8-10,12,14-16,19,22-33,35,37-41,43,45-47H2,1-2H3,(H,56,59)/b7-5-,13-11-,18-17-,21-20-,36-34+,44-42+. The topological polar surface area (TPSA) is 149 Å². The summed E-state index contributed by atoms with van der Waals surface area (Å²) in [5.41, 5.74) is 0. The van der Waals surface area contributed by atoms with Crippen molar-refractivity contribution in [2.75, 3.05) is 13.2 Å². The molecule has 0 saturated carbocycles.